The molecule has 3 heteroatoms. The van der Waals surface area contributed by atoms with E-state index in [2.05, 4.69) is 31.1 Å². The smallest absolute Gasteiger partial charge is 0.126 e. The summed E-state index contributed by atoms with van der Waals surface area (Å²) in [6, 6.07) is 7.86. The number of pyridine rings is 1. The van der Waals surface area contributed by atoms with Crippen LogP contribution in [0.2, 0.25) is 5.02 Å². The van der Waals surface area contributed by atoms with Crippen LogP contribution in [-0.4, -0.2) is 10.5 Å². The summed E-state index contributed by atoms with van der Waals surface area (Å²) in [5.74, 6) is 0.891. The molecular weight excluding hydrogens is 220 g/mol. The Kier molecular flexibility index (Phi) is 2.76. The molecule has 0 saturated heterocycles. The summed E-state index contributed by atoms with van der Waals surface area (Å²) in [7, 11) is 0. The van der Waals surface area contributed by atoms with Crippen molar-refractivity contribution in [3.05, 3.63) is 35.5 Å². The van der Waals surface area contributed by atoms with Gasteiger partial charge in [-0.05, 0) is 44.4 Å². The van der Waals surface area contributed by atoms with Crippen molar-refractivity contribution in [2.24, 2.45) is 0 Å². The van der Waals surface area contributed by atoms with Crippen molar-refractivity contribution in [3.63, 3.8) is 0 Å². The van der Waals surface area contributed by atoms with Gasteiger partial charge in [-0.3, -0.25) is 0 Å². The first-order chi connectivity index (χ1) is 7.44. The Bertz CT molecular complexity index is 515. The molecule has 0 unspecified atom stereocenters. The van der Waals surface area contributed by atoms with Crippen molar-refractivity contribution < 1.29 is 0 Å². The normalized spacial score (nSPS) is 11.8. The lowest BCUT2D eigenvalue weighted by Crippen LogP contribution is -2.26. The molecule has 1 aromatic heterocycles. The van der Waals surface area contributed by atoms with E-state index in [1.54, 1.807) is 0 Å². The van der Waals surface area contributed by atoms with Gasteiger partial charge >= 0.3 is 0 Å². The molecule has 1 N–H and O–H groups in total. The van der Waals surface area contributed by atoms with Crippen molar-refractivity contribution in [1.82, 2.24) is 4.98 Å². The van der Waals surface area contributed by atoms with Gasteiger partial charge in [-0.2, -0.15) is 0 Å². The standard InChI is InChI=1S/C13H15ClN2/c1-13(2,3)16-12-7-9-4-5-11(14)6-10(9)8-15-12/h4-8H,1-3H3,(H,15,16). The summed E-state index contributed by atoms with van der Waals surface area (Å²) in [4.78, 5) is 4.36. The third kappa shape index (κ3) is 2.64. The molecule has 0 amide bonds. The third-order valence-electron chi connectivity index (χ3n) is 2.19. The Labute approximate surface area is 101 Å². The molecule has 0 aliphatic rings. The second kappa shape index (κ2) is 3.95. The summed E-state index contributed by atoms with van der Waals surface area (Å²) in [6.45, 7) is 6.34. The van der Waals surface area contributed by atoms with Gasteiger partial charge in [-0.15, -0.1) is 0 Å². The van der Waals surface area contributed by atoms with Crippen LogP contribution in [0.25, 0.3) is 10.8 Å². The number of hydrogen-bond acceptors (Lipinski definition) is 2. The number of benzene rings is 1. The first kappa shape index (κ1) is 11.2. The zero-order valence-corrected chi connectivity index (χ0v) is 10.5. The van der Waals surface area contributed by atoms with Crippen molar-refractivity contribution >= 4 is 28.2 Å². The molecule has 0 fully saturated rings. The number of anilines is 1. The van der Waals surface area contributed by atoms with E-state index in [0.29, 0.717) is 0 Å². The molecule has 0 aliphatic heterocycles. The first-order valence-electron chi connectivity index (χ1n) is 5.27. The van der Waals surface area contributed by atoms with Crippen LogP contribution in [-0.2, 0) is 0 Å². The number of nitrogens with zero attached hydrogens (tertiary/aromatic N) is 1. The highest BCUT2D eigenvalue weighted by Crippen LogP contribution is 2.22. The van der Waals surface area contributed by atoms with Gasteiger partial charge < -0.3 is 5.32 Å². The van der Waals surface area contributed by atoms with Gasteiger partial charge in [0.2, 0.25) is 0 Å². The predicted octanol–water partition coefficient (Wildman–Crippen LogP) is 4.10. The molecule has 16 heavy (non-hydrogen) atoms. The highest BCUT2D eigenvalue weighted by atomic mass is 35.5. The van der Waals surface area contributed by atoms with Crippen molar-refractivity contribution in [2.75, 3.05) is 5.32 Å². The molecule has 0 atom stereocenters. The number of fused-ring (bicyclic) bond motifs is 1. The average Bonchev–Trinajstić information content (AvgIpc) is 2.16. The maximum Gasteiger partial charge on any atom is 0.126 e. The number of nitrogens with one attached hydrogen (secondary N) is 1. The number of halogens is 1. The lowest BCUT2D eigenvalue weighted by atomic mass is 10.1. The van der Waals surface area contributed by atoms with E-state index in [-0.39, 0.29) is 5.54 Å². The molecule has 0 radical (unpaired) electrons. The van der Waals surface area contributed by atoms with Crippen LogP contribution in [0, 0.1) is 0 Å². The topological polar surface area (TPSA) is 24.9 Å². The van der Waals surface area contributed by atoms with Crippen LogP contribution in [0.3, 0.4) is 0 Å². The van der Waals surface area contributed by atoms with E-state index in [1.807, 2.05) is 30.5 Å². The van der Waals surface area contributed by atoms with Gasteiger partial charge in [0.1, 0.15) is 5.82 Å². The van der Waals surface area contributed by atoms with Crippen LogP contribution in [0.15, 0.2) is 30.5 Å². The van der Waals surface area contributed by atoms with Crippen LogP contribution in [0.4, 0.5) is 5.82 Å². The SMILES string of the molecule is CC(C)(C)Nc1cc2ccc(Cl)cc2cn1. The van der Waals surface area contributed by atoms with Gasteiger partial charge in [0.05, 0.1) is 0 Å². The molecule has 2 rings (SSSR count). The zero-order valence-electron chi connectivity index (χ0n) is 9.71. The van der Waals surface area contributed by atoms with Crippen LogP contribution in [0.1, 0.15) is 20.8 Å². The Balaban J connectivity index is 2.41. The van der Waals surface area contributed by atoms with Crippen LogP contribution >= 0.6 is 11.6 Å². The molecule has 0 aliphatic carbocycles. The number of rotatable bonds is 1. The summed E-state index contributed by atoms with van der Waals surface area (Å²) in [5.41, 5.74) is 0.0209. The zero-order chi connectivity index (χ0) is 11.8. The Hall–Kier alpha value is -1.28. The second-order valence-corrected chi connectivity index (χ2v) is 5.37. The molecule has 1 heterocycles. The maximum absolute atomic E-state index is 5.92. The van der Waals surface area contributed by atoms with E-state index < -0.39 is 0 Å². The molecule has 84 valence electrons. The number of hydrogen-bond donors (Lipinski definition) is 1. The summed E-state index contributed by atoms with van der Waals surface area (Å²) in [6.07, 6.45) is 1.84. The highest BCUT2D eigenvalue weighted by Gasteiger charge is 2.10. The molecule has 1 aromatic carbocycles. The van der Waals surface area contributed by atoms with E-state index >= 15 is 0 Å². The minimum absolute atomic E-state index is 0.0209. The van der Waals surface area contributed by atoms with Gasteiger partial charge in [0.25, 0.3) is 0 Å². The first-order valence-corrected chi connectivity index (χ1v) is 5.65. The lowest BCUT2D eigenvalue weighted by molar-refractivity contribution is 0.630. The third-order valence-corrected chi connectivity index (χ3v) is 2.42. The van der Waals surface area contributed by atoms with Crippen molar-refractivity contribution in [1.29, 1.82) is 0 Å². The van der Waals surface area contributed by atoms with Gasteiger partial charge in [0, 0.05) is 22.1 Å². The number of aromatic nitrogens is 1. The van der Waals surface area contributed by atoms with Gasteiger partial charge in [-0.25, -0.2) is 4.98 Å². The van der Waals surface area contributed by atoms with E-state index in [0.717, 1.165) is 21.6 Å². The Morgan fingerprint density at radius 3 is 2.56 bits per heavy atom. The van der Waals surface area contributed by atoms with Crippen molar-refractivity contribution in [3.8, 4) is 0 Å². The quantitative estimate of drug-likeness (QED) is 0.804. The highest BCUT2D eigenvalue weighted by molar-refractivity contribution is 6.31. The average molecular weight is 235 g/mol. The molecular formula is C13H15ClN2. The van der Waals surface area contributed by atoms with Crippen LogP contribution in [0.5, 0.6) is 0 Å². The summed E-state index contributed by atoms with van der Waals surface area (Å²) in [5, 5.41) is 6.29. The molecule has 0 spiro atoms. The van der Waals surface area contributed by atoms with Crippen LogP contribution < -0.4 is 5.32 Å². The molecule has 0 bridgehead atoms. The molecule has 0 saturated carbocycles. The fourth-order valence-corrected chi connectivity index (χ4v) is 1.75. The summed E-state index contributed by atoms with van der Waals surface area (Å²) >= 11 is 5.92. The maximum atomic E-state index is 5.92. The molecule has 2 nitrogen and oxygen atoms in total. The fraction of sp³-hybridized carbons (Fsp3) is 0.308. The molecule has 2 aromatic rings. The lowest BCUT2D eigenvalue weighted by Gasteiger charge is -2.21. The Morgan fingerprint density at radius 2 is 1.88 bits per heavy atom. The monoisotopic (exact) mass is 234 g/mol. The second-order valence-electron chi connectivity index (χ2n) is 4.94. The minimum Gasteiger partial charge on any atom is -0.365 e. The van der Waals surface area contributed by atoms with E-state index in [9.17, 15) is 0 Å². The fourth-order valence-electron chi connectivity index (χ4n) is 1.57. The minimum atomic E-state index is 0.0209. The van der Waals surface area contributed by atoms with E-state index in [1.165, 1.54) is 0 Å². The largest absolute Gasteiger partial charge is 0.365 e. The summed E-state index contributed by atoms with van der Waals surface area (Å²) < 4.78 is 0. The van der Waals surface area contributed by atoms with Gasteiger partial charge in [0.15, 0.2) is 0 Å². The van der Waals surface area contributed by atoms with Gasteiger partial charge in [-0.1, -0.05) is 17.7 Å². The Morgan fingerprint density at radius 1 is 1.12 bits per heavy atom. The predicted molar refractivity (Wildman–Crippen MR) is 70.1 cm³/mol. The van der Waals surface area contributed by atoms with E-state index in [4.69, 9.17) is 11.6 Å². The van der Waals surface area contributed by atoms with Crippen molar-refractivity contribution in [2.45, 2.75) is 26.3 Å².